The maximum atomic E-state index is 12.0. The Morgan fingerprint density at radius 2 is 2.25 bits per heavy atom. The Morgan fingerprint density at radius 3 is 2.85 bits per heavy atom. The molecule has 0 aliphatic heterocycles. The smallest absolute Gasteiger partial charge is 0.326 e. The van der Waals surface area contributed by atoms with Crippen LogP contribution < -0.4 is 5.32 Å². The molecule has 0 aromatic heterocycles. The van der Waals surface area contributed by atoms with Gasteiger partial charge in [0.25, 0.3) is 5.91 Å². The lowest BCUT2D eigenvalue weighted by molar-refractivity contribution is -0.139. The summed E-state index contributed by atoms with van der Waals surface area (Å²) in [6.45, 7) is 3.94. The highest BCUT2D eigenvalue weighted by atomic mass is 16.5. The quantitative estimate of drug-likeness (QED) is 0.712. The van der Waals surface area contributed by atoms with Crippen molar-refractivity contribution in [2.75, 3.05) is 7.11 Å². The van der Waals surface area contributed by atoms with E-state index in [2.05, 4.69) is 11.9 Å². The summed E-state index contributed by atoms with van der Waals surface area (Å²) in [4.78, 5) is 23.1. The fourth-order valence-electron chi connectivity index (χ4n) is 1.75. The number of hydrogen-bond acceptors (Lipinski definition) is 3. The van der Waals surface area contributed by atoms with Crippen LogP contribution in [0.1, 0.15) is 28.8 Å². The molecule has 1 rings (SSSR count). The molecule has 0 aliphatic rings. The van der Waals surface area contributed by atoms with Crippen molar-refractivity contribution >= 4 is 11.9 Å². The predicted octanol–water partition coefficient (Wildman–Crippen LogP) is 1.98. The van der Waals surface area contributed by atoms with Gasteiger partial charge in [0.1, 0.15) is 6.04 Å². The predicted molar refractivity (Wildman–Crippen MR) is 75.5 cm³/mol. The Kier molecular flexibility index (Phi) is 6.46. The third-order valence-electron chi connectivity index (χ3n) is 2.76. The molecule has 0 aliphatic carbocycles. The van der Waals surface area contributed by atoms with Crippen LogP contribution in [-0.2, 0) is 16.1 Å². The van der Waals surface area contributed by atoms with E-state index < -0.39 is 17.9 Å². The van der Waals surface area contributed by atoms with Gasteiger partial charge in [0.05, 0.1) is 6.61 Å². The molecular weight excluding hydrogens is 258 g/mol. The Labute approximate surface area is 118 Å². The van der Waals surface area contributed by atoms with Crippen molar-refractivity contribution in [2.45, 2.75) is 25.5 Å². The molecule has 108 valence electrons. The average molecular weight is 277 g/mol. The van der Waals surface area contributed by atoms with Gasteiger partial charge in [-0.3, -0.25) is 4.79 Å². The highest BCUT2D eigenvalue weighted by molar-refractivity contribution is 5.96. The minimum absolute atomic E-state index is 0.322. The molecule has 0 saturated carbocycles. The Morgan fingerprint density at radius 1 is 1.50 bits per heavy atom. The van der Waals surface area contributed by atoms with Gasteiger partial charge in [-0.05, 0) is 30.5 Å². The molecular formula is C15H19NO4. The summed E-state index contributed by atoms with van der Waals surface area (Å²) in [5.74, 6) is -1.45. The van der Waals surface area contributed by atoms with E-state index in [0.29, 0.717) is 25.0 Å². The zero-order chi connectivity index (χ0) is 15.0. The normalized spacial score (nSPS) is 11.7. The van der Waals surface area contributed by atoms with E-state index in [-0.39, 0.29) is 0 Å². The molecule has 1 amide bonds. The summed E-state index contributed by atoms with van der Waals surface area (Å²) in [6, 6.07) is 5.99. The summed E-state index contributed by atoms with van der Waals surface area (Å²) in [5.41, 5.74) is 1.28. The van der Waals surface area contributed by atoms with Crippen molar-refractivity contribution in [1.29, 1.82) is 0 Å². The molecule has 0 spiro atoms. The summed E-state index contributed by atoms with van der Waals surface area (Å²) in [6.07, 6.45) is 2.48. The molecule has 1 aromatic rings. The van der Waals surface area contributed by atoms with Gasteiger partial charge in [0.15, 0.2) is 0 Å². The second-order valence-electron chi connectivity index (χ2n) is 4.36. The first-order valence-electron chi connectivity index (χ1n) is 6.31. The zero-order valence-electron chi connectivity index (χ0n) is 11.5. The van der Waals surface area contributed by atoms with Gasteiger partial charge in [0, 0.05) is 12.7 Å². The number of carboxylic acids is 1. The molecule has 1 aromatic carbocycles. The number of allylic oxidation sites excluding steroid dienone is 1. The number of ether oxygens (including phenoxy) is 1. The van der Waals surface area contributed by atoms with Crippen LogP contribution in [0.25, 0.3) is 0 Å². The van der Waals surface area contributed by atoms with Gasteiger partial charge in [-0.2, -0.15) is 0 Å². The van der Waals surface area contributed by atoms with Crippen molar-refractivity contribution in [1.82, 2.24) is 5.32 Å². The standard InChI is InChI=1S/C15H19NO4/c1-3-4-8-13(15(18)19)16-14(17)12-7-5-6-11(9-12)10-20-2/h3,5-7,9,13H,1,4,8,10H2,2H3,(H,16,17)(H,18,19). The number of benzene rings is 1. The number of amides is 1. The van der Waals surface area contributed by atoms with Crippen LogP contribution in [0.2, 0.25) is 0 Å². The third-order valence-corrected chi connectivity index (χ3v) is 2.76. The SMILES string of the molecule is C=CCCC(NC(=O)c1cccc(COC)c1)C(=O)O. The van der Waals surface area contributed by atoms with Gasteiger partial charge >= 0.3 is 5.97 Å². The zero-order valence-corrected chi connectivity index (χ0v) is 11.5. The lowest BCUT2D eigenvalue weighted by atomic mass is 10.1. The highest BCUT2D eigenvalue weighted by Crippen LogP contribution is 2.08. The first-order chi connectivity index (χ1) is 9.58. The topological polar surface area (TPSA) is 75.6 Å². The van der Waals surface area contributed by atoms with E-state index >= 15 is 0 Å². The maximum Gasteiger partial charge on any atom is 0.326 e. The van der Waals surface area contributed by atoms with E-state index in [4.69, 9.17) is 9.84 Å². The number of rotatable bonds is 8. The number of hydrogen-bond donors (Lipinski definition) is 2. The van der Waals surface area contributed by atoms with Crippen LogP contribution in [0.5, 0.6) is 0 Å². The number of nitrogens with one attached hydrogen (secondary N) is 1. The molecule has 5 heteroatoms. The molecule has 2 N–H and O–H groups in total. The van der Waals surface area contributed by atoms with E-state index in [1.165, 1.54) is 0 Å². The number of aliphatic carboxylic acids is 1. The minimum Gasteiger partial charge on any atom is -0.480 e. The summed E-state index contributed by atoms with van der Waals surface area (Å²) in [5, 5.41) is 11.6. The van der Waals surface area contributed by atoms with E-state index in [1.807, 2.05) is 6.07 Å². The fourth-order valence-corrected chi connectivity index (χ4v) is 1.75. The monoisotopic (exact) mass is 277 g/mol. The lowest BCUT2D eigenvalue weighted by Gasteiger charge is -2.14. The summed E-state index contributed by atoms with van der Waals surface area (Å²) < 4.78 is 5.00. The number of carbonyl (C=O) groups is 2. The molecule has 0 saturated heterocycles. The van der Waals surface area contributed by atoms with Crippen molar-refractivity contribution in [3.05, 3.63) is 48.0 Å². The van der Waals surface area contributed by atoms with E-state index in [0.717, 1.165) is 5.56 Å². The van der Waals surface area contributed by atoms with Gasteiger partial charge in [-0.1, -0.05) is 18.2 Å². The molecule has 1 atom stereocenters. The second-order valence-corrected chi connectivity index (χ2v) is 4.36. The Balaban J connectivity index is 2.75. The van der Waals surface area contributed by atoms with Gasteiger partial charge in [-0.25, -0.2) is 4.79 Å². The van der Waals surface area contributed by atoms with E-state index in [9.17, 15) is 9.59 Å². The van der Waals surface area contributed by atoms with Crippen molar-refractivity contribution < 1.29 is 19.4 Å². The lowest BCUT2D eigenvalue weighted by Crippen LogP contribution is -2.40. The van der Waals surface area contributed by atoms with Crippen molar-refractivity contribution in [3.8, 4) is 0 Å². The van der Waals surface area contributed by atoms with Crippen molar-refractivity contribution in [2.24, 2.45) is 0 Å². The van der Waals surface area contributed by atoms with Crippen LogP contribution in [0.3, 0.4) is 0 Å². The fraction of sp³-hybridized carbons (Fsp3) is 0.333. The first-order valence-corrected chi connectivity index (χ1v) is 6.31. The number of carboxylic acid groups (broad SMARTS) is 1. The second kappa shape index (κ2) is 8.12. The van der Waals surface area contributed by atoms with Crippen LogP contribution in [0, 0.1) is 0 Å². The first kappa shape index (κ1) is 15.9. The molecule has 0 fully saturated rings. The van der Waals surface area contributed by atoms with Gasteiger partial charge < -0.3 is 15.2 Å². The largest absolute Gasteiger partial charge is 0.480 e. The number of methoxy groups -OCH3 is 1. The minimum atomic E-state index is -1.05. The van der Waals surface area contributed by atoms with Crippen LogP contribution in [-0.4, -0.2) is 30.1 Å². The molecule has 1 unspecified atom stereocenters. The van der Waals surface area contributed by atoms with Crippen molar-refractivity contribution in [3.63, 3.8) is 0 Å². The molecule has 5 nitrogen and oxygen atoms in total. The maximum absolute atomic E-state index is 12.0. The summed E-state index contributed by atoms with van der Waals surface area (Å²) in [7, 11) is 1.57. The molecule has 0 radical (unpaired) electrons. The third kappa shape index (κ3) is 4.85. The van der Waals surface area contributed by atoms with Gasteiger partial charge in [0.2, 0.25) is 0 Å². The summed E-state index contributed by atoms with van der Waals surface area (Å²) >= 11 is 0. The molecule has 0 heterocycles. The Bertz CT molecular complexity index is 485. The average Bonchev–Trinajstić information content (AvgIpc) is 2.43. The Hall–Kier alpha value is -2.14. The van der Waals surface area contributed by atoms with Crippen LogP contribution in [0.15, 0.2) is 36.9 Å². The molecule has 20 heavy (non-hydrogen) atoms. The van der Waals surface area contributed by atoms with Crippen LogP contribution >= 0.6 is 0 Å². The van der Waals surface area contributed by atoms with Gasteiger partial charge in [-0.15, -0.1) is 6.58 Å². The van der Waals surface area contributed by atoms with E-state index in [1.54, 1.807) is 31.4 Å². The highest BCUT2D eigenvalue weighted by Gasteiger charge is 2.19. The molecule has 0 bridgehead atoms. The number of carbonyl (C=O) groups excluding carboxylic acids is 1. The van der Waals surface area contributed by atoms with Crippen LogP contribution in [0.4, 0.5) is 0 Å².